The zero-order valence-corrected chi connectivity index (χ0v) is 13.1. The Balaban J connectivity index is 1.95. The van der Waals surface area contributed by atoms with Gasteiger partial charge in [0, 0.05) is 5.56 Å². The highest BCUT2D eigenvalue weighted by atomic mass is 32.1. The first-order valence-electron chi connectivity index (χ1n) is 7.10. The number of benzene rings is 2. The lowest BCUT2D eigenvalue weighted by Crippen LogP contribution is -1.95. The molecule has 0 fully saturated rings. The van der Waals surface area contributed by atoms with E-state index in [1.54, 1.807) is 22.8 Å². The summed E-state index contributed by atoms with van der Waals surface area (Å²) in [6, 6.07) is 14.2. The smallest absolute Gasteiger partial charge is 0.348 e. The van der Waals surface area contributed by atoms with E-state index in [1.165, 1.54) is 6.33 Å². The summed E-state index contributed by atoms with van der Waals surface area (Å²) in [7, 11) is 0. The van der Waals surface area contributed by atoms with Crippen LogP contribution in [0.4, 0.5) is 0 Å². The number of phenolic OH excluding ortho intramolecular Hbond substituents is 1. The zero-order valence-electron chi connectivity index (χ0n) is 12.2. The fraction of sp³-hybridized carbons (Fsp3) is 0. The molecule has 2 heterocycles. The molecule has 4 rings (SSSR count). The number of hydrogen-bond donors (Lipinski definition) is 2. The minimum Gasteiger partial charge on any atom is -0.506 e. The lowest BCUT2D eigenvalue weighted by atomic mass is 10.1. The van der Waals surface area contributed by atoms with Gasteiger partial charge in [-0.05, 0) is 12.1 Å². The van der Waals surface area contributed by atoms with Gasteiger partial charge in [-0.1, -0.05) is 47.7 Å². The van der Waals surface area contributed by atoms with E-state index in [4.69, 9.17) is 0 Å². The van der Waals surface area contributed by atoms with Gasteiger partial charge < -0.3 is 10.2 Å². The number of thiazole rings is 1. The van der Waals surface area contributed by atoms with Gasteiger partial charge in [-0.2, -0.15) is 0 Å². The predicted molar refractivity (Wildman–Crippen MR) is 90.8 cm³/mol. The van der Waals surface area contributed by atoms with Crippen molar-refractivity contribution in [2.24, 2.45) is 0 Å². The van der Waals surface area contributed by atoms with E-state index in [0.29, 0.717) is 21.9 Å². The quantitative estimate of drug-likeness (QED) is 0.597. The van der Waals surface area contributed by atoms with Gasteiger partial charge in [-0.3, -0.25) is 4.57 Å². The van der Waals surface area contributed by atoms with Gasteiger partial charge in [0.25, 0.3) is 0 Å². The Labute approximate surface area is 140 Å². The fourth-order valence-electron chi connectivity index (χ4n) is 2.54. The van der Waals surface area contributed by atoms with Crippen LogP contribution in [-0.4, -0.2) is 30.7 Å². The summed E-state index contributed by atoms with van der Waals surface area (Å²) in [6.07, 6.45) is 1.53. The first-order valence-corrected chi connectivity index (χ1v) is 7.92. The third kappa shape index (κ3) is 2.22. The van der Waals surface area contributed by atoms with Crippen LogP contribution < -0.4 is 0 Å². The van der Waals surface area contributed by atoms with Crippen LogP contribution in [0.2, 0.25) is 0 Å². The Morgan fingerprint density at radius 3 is 2.62 bits per heavy atom. The van der Waals surface area contributed by atoms with Crippen LogP contribution in [0.5, 0.6) is 5.75 Å². The van der Waals surface area contributed by atoms with E-state index in [0.717, 1.165) is 16.9 Å². The van der Waals surface area contributed by atoms with Gasteiger partial charge in [0.05, 0.1) is 11.2 Å². The number of nitrogens with zero attached hydrogens (tertiary/aromatic N) is 3. The Hall–Kier alpha value is -3.19. The molecule has 118 valence electrons. The Kier molecular flexibility index (Phi) is 3.28. The maximum absolute atomic E-state index is 11.6. The lowest BCUT2D eigenvalue weighted by Gasteiger charge is -2.01. The van der Waals surface area contributed by atoms with Crippen LogP contribution in [0.3, 0.4) is 0 Å². The molecule has 0 aliphatic rings. The molecule has 0 aliphatic heterocycles. The number of carboxylic acid groups (broad SMARTS) is 1. The average molecular weight is 337 g/mol. The molecule has 24 heavy (non-hydrogen) atoms. The SMILES string of the molecule is O=C(O)c1sc(-n2cnc3cccc(O)c32)nc1-c1ccccc1. The highest BCUT2D eigenvalue weighted by Crippen LogP contribution is 2.33. The van der Waals surface area contributed by atoms with Gasteiger partial charge in [-0.15, -0.1) is 0 Å². The third-order valence-electron chi connectivity index (χ3n) is 3.61. The molecule has 0 unspecified atom stereocenters. The van der Waals surface area contributed by atoms with Crippen LogP contribution in [0.25, 0.3) is 27.4 Å². The highest BCUT2D eigenvalue weighted by Gasteiger charge is 2.21. The third-order valence-corrected chi connectivity index (χ3v) is 4.65. The second-order valence-corrected chi connectivity index (χ2v) is 6.08. The Morgan fingerprint density at radius 2 is 1.88 bits per heavy atom. The Morgan fingerprint density at radius 1 is 1.08 bits per heavy atom. The largest absolute Gasteiger partial charge is 0.506 e. The number of phenols is 1. The van der Waals surface area contributed by atoms with Crippen LogP contribution >= 0.6 is 11.3 Å². The number of hydrogen-bond acceptors (Lipinski definition) is 5. The van der Waals surface area contributed by atoms with Gasteiger partial charge >= 0.3 is 5.97 Å². The summed E-state index contributed by atoms with van der Waals surface area (Å²) in [5.74, 6) is -0.968. The summed E-state index contributed by atoms with van der Waals surface area (Å²) < 4.78 is 1.61. The summed E-state index contributed by atoms with van der Waals surface area (Å²) in [5, 5.41) is 20.0. The Bertz CT molecular complexity index is 1050. The van der Waals surface area contributed by atoms with E-state index in [9.17, 15) is 15.0 Å². The van der Waals surface area contributed by atoms with Gasteiger partial charge in [-0.25, -0.2) is 14.8 Å². The van der Waals surface area contributed by atoms with E-state index < -0.39 is 5.97 Å². The first kappa shape index (κ1) is 14.4. The zero-order chi connectivity index (χ0) is 16.7. The van der Waals surface area contributed by atoms with Crippen molar-refractivity contribution < 1.29 is 15.0 Å². The molecule has 6 nitrogen and oxygen atoms in total. The number of imidazole rings is 1. The highest BCUT2D eigenvalue weighted by molar-refractivity contribution is 7.16. The number of carboxylic acids is 1. The number of carbonyl (C=O) groups is 1. The van der Waals surface area contributed by atoms with Crippen molar-refractivity contribution in [3.8, 4) is 22.1 Å². The minimum atomic E-state index is -1.04. The van der Waals surface area contributed by atoms with Gasteiger partial charge in [0.1, 0.15) is 22.5 Å². The molecular weight excluding hydrogens is 326 g/mol. The predicted octanol–water partition coefficient (Wildman–Crippen LogP) is 3.55. The van der Waals surface area contributed by atoms with E-state index >= 15 is 0 Å². The summed E-state index contributed by atoms with van der Waals surface area (Å²) in [5.41, 5.74) is 2.25. The lowest BCUT2D eigenvalue weighted by molar-refractivity contribution is 0.0702. The molecule has 2 N–H and O–H groups in total. The molecule has 0 spiro atoms. The molecule has 4 aromatic rings. The molecule has 0 atom stereocenters. The number of aromatic carboxylic acids is 1. The van der Waals surface area contributed by atoms with Crippen molar-refractivity contribution in [1.82, 2.24) is 14.5 Å². The molecule has 0 amide bonds. The molecule has 2 aromatic carbocycles. The van der Waals surface area contributed by atoms with E-state index in [1.807, 2.05) is 30.3 Å². The van der Waals surface area contributed by atoms with Crippen molar-refractivity contribution in [3.05, 3.63) is 59.7 Å². The molecular formula is C17H11N3O3S. The average Bonchev–Trinajstić information content (AvgIpc) is 3.20. The fourth-order valence-corrected chi connectivity index (χ4v) is 3.45. The summed E-state index contributed by atoms with van der Waals surface area (Å²) >= 11 is 1.04. The molecule has 7 heteroatoms. The first-order chi connectivity index (χ1) is 11.6. The molecule has 0 radical (unpaired) electrons. The van der Waals surface area contributed by atoms with Crippen molar-refractivity contribution in [2.45, 2.75) is 0 Å². The summed E-state index contributed by atoms with van der Waals surface area (Å²) in [4.78, 5) is 20.5. The number of rotatable bonds is 3. The monoisotopic (exact) mass is 337 g/mol. The second kappa shape index (κ2) is 5.47. The maximum Gasteiger partial charge on any atom is 0.348 e. The maximum atomic E-state index is 11.6. The van der Waals surface area contributed by atoms with Crippen LogP contribution in [0.1, 0.15) is 9.67 Å². The molecule has 2 aromatic heterocycles. The van der Waals surface area contributed by atoms with Crippen molar-refractivity contribution in [1.29, 1.82) is 0 Å². The number of aromatic nitrogens is 3. The molecule has 0 saturated carbocycles. The van der Waals surface area contributed by atoms with E-state index in [2.05, 4.69) is 9.97 Å². The van der Waals surface area contributed by atoms with Gasteiger partial charge in [0.15, 0.2) is 5.13 Å². The second-order valence-electron chi connectivity index (χ2n) is 5.10. The standard InChI is InChI=1S/C17H11N3O3S/c21-12-8-4-7-11-14(12)20(9-18-11)17-19-13(15(24-17)16(22)23)10-5-2-1-3-6-10/h1-9,21H,(H,22,23). The minimum absolute atomic E-state index is 0.0679. The van der Waals surface area contributed by atoms with Crippen molar-refractivity contribution in [2.75, 3.05) is 0 Å². The number of para-hydroxylation sites is 1. The molecule has 0 bridgehead atoms. The van der Waals surface area contributed by atoms with Crippen LogP contribution in [0.15, 0.2) is 54.9 Å². The molecule has 0 saturated heterocycles. The van der Waals surface area contributed by atoms with Crippen molar-refractivity contribution >= 4 is 28.3 Å². The number of fused-ring (bicyclic) bond motifs is 1. The summed E-state index contributed by atoms with van der Waals surface area (Å²) in [6.45, 7) is 0. The number of aromatic hydroxyl groups is 1. The van der Waals surface area contributed by atoms with E-state index in [-0.39, 0.29) is 10.6 Å². The van der Waals surface area contributed by atoms with Crippen molar-refractivity contribution in [3.63, 3.8) is 0 Å². The normalized spacial score (nSPS) is 11.0. The topological polar surface area (TPSA) is 88.2 Å². The van der Waals surface area contributed by atoms with Gasteiger partial charge in [0.2, 0.25) is 0 Å². The molecule has 0 aliphatic carbocycles. The van der Waals surface area contributed by atoms with Crippen LogP contribution in [-0.2, 0) is 0 Å². The van der Waals surface area contributed by atoms with Crippen LogP contribution in [0, 0.1) is 0 Å².